The highest BCUT2D eigenvalue weighted by Crippen LogP contribution is 2.22. The van der Waals surface area contributed by atoms with Crippen LogP contribution in [-0.2, 0) is 0 Å². The third-order valence-corrected chi connectivity index (χ3v) is 2.66. The molecule has 3 rings (SSSR count). The molecule has 0 aliphatic carbocycles. The van der Waals surface area contributed by atoms with Gasteiger partial charge in [0.25, 0.3) is 0 Å². The lowest BCUT2D eigenvalue weighted by atomic mass is 10.2. The first kappa shape index (κ1) is 10.8. The summed E-state index contributed by atoms with van der Waals surface area (Å²) in [5, 5.41) is -0.169. The number of hydrogen-bond donors (Lipinski definition) is 0. The lowest BCUT2D eigenvalue weighted by molar-refractivity contribution is 0.578. The predicted octanol–water partition coefficient (Wildman–Crippen LogP) is 3.58. The van der Waals surface area contributed by atoms with E-state index in [1.807, 2.05) is 18.2 Å². The minimum atomic E-state index is -0.836. The van der Waals surface area contributed by atoms with Crippen LogP contribution in [0.5, 0.6) is 0 Å². The molecule has 0 spiro atoms. The maximum Gasteiger partial charge on any atom is 0.227 e. The molecule has 1 aromatic heterocycles. The Balaban J connectivity index is 2.29. The summed E-state index contributed by atoms with van der Waals surface area (Å²) < 4.78 is 27.3. The predicted molar refractivity (Wildman–Crippen MR) is 64.9 cm³/mol. The number of benzene rings is 2. The molecule has 0 aliphatic rings. The van der Waals surface area contributed by atoms with Crippen molar-refractivity contribution in [2.24, 2.45) is 0 Å². The zero-order chi connectivity index (χ0) is 12.5. The van der Waals surface area contributed by atoms with Gasteiger partial charge in [0.1, 0.15) is 5.82 Å². The van der Waals surface area contributed by atoms with E-state index in [1.165, 1.54) is 12.1 Å². The lowest BCUT2D eigenvalue weighted by Gasteiger charge is -2.04. The van der Waals surface area contributed by atoms with Crippen LogP contribution in [0.2, 0.25) is 0 Å². The van der Waals surface area contributed by atoms with Crippen molar-refractivity contribution < 1.29 is 8.78 Å². The quantitative estimate of drug-likeness (QED) is 0.609. The maximum absolute atomic E-state index is 13.8. The van der Waals surface area contributed by atoms with Crippen molar-refractivity contribution in [1.29, 1.82) is 0 Å². The van der Waals surface area contributed by atoms with E-state index in [4.69, 9.17) is 0 Å². The lowest BCUT2D eigenvalue weighted by Crippen LogP contribution is -1.96. The molecular formula is C14H8F2N2. The van der Waals surface area contributed by atoms with Gasteiger partial charge in [-0.2, -0.15) is 9.37 Å². The average Bonchev–Trinajstić information content (AvgIpc) is 2.39. The van der Waals surface area contributed by atoms with Crippen molar-refractivity contribution in [1.82, 2.24) is 9.97 Å². The molecule has 88 valence electrons. The van der Waals surface area contributed by atoms with Crippen LogP contribution in [-0.4, -0.2) is 9.97 Å². The van der Waals surface area contributed by atoms with Gasteiger partial charge in [0.05, 0.1) is 10.9 Å². The summed E-state index contributed by atoms with van der Waals surface area (Å²) in [5.41, 5.74) is 0.962. The minimum absolute atomic E-state index is 0.169. The normalized spacial score (nSPS) is 10.8. The van der Waals surface area contributed by atoms with Crippen LogP contribution in [0, 0.1) is 11.8 Å². The molecule has 0 atom stereocenters. The Morgan fingerprint density at radius 1 is 0.778 bits per heavy atom. The number of aromatic nitrogens is 2. The zero-order valence-electron chi connectivity index (χ0n) is 9.27. The van der Waals surface area contributed by atoms with Gasteiger partial charge < -0.3 is 0 Å². The zero-order valence-corrected chi connectivity index (χ0v) is 9.27. The molecule has 1 heterocycles. The molecule has 0 bridgehead atoms. The van der Waals surface area contributed by atoms with Gasteiger partial charge in [-0.1, -0.05) is 36.4 Å². The Hall–Kier alpha value is -2.36. The molecule has 3 aromatic rings. The molecule has 0 N–H and O–H groups in total. The Kier molecular flexibility index (Phi) is 2.48. The van der Waals surface area contributed by atoms with Gasteiger partial charge in [-0.3, -0.25) is 0 Å². The highest BCUT2D eigenvalue weighted by atomic mass is 19.1. The average molecular weight is 242 g/mol. The summed E-state index contributed by atoms with van der Waals surface area (Å²) in [5.74, 6) is -1.23. The third kappa shape index (κ3) is 1.72. The van der Waals surface area contributed by atoms with E-state index in [0.29, 0.717) is 5.56 Å². The van der Waals surface area contributed by atoms with Crippen LogP contribution >= 0.6 is 0 Å². The van der Waals surface area contributed by atoms with E-state index in [-0.39, 0.29) is 16.7 Å². The highest BCUT2D eigenvalue weighted by molar-refractivity contribution is 5.80. The molecule has 0 saturated heterocycles. The molecule has 4 heteroatoms. The van der Waals surface area contributed by atoms with Crippen molar-refractivity contribution >= 4 is 10.9 Å². The van der Waals surface area contributed by atoms with Gasteiger partial charge in [0.15, 0.2) is 5.82 Å². The molecule has 0 amide bonds. The number of hydrogen-bond acceptors (Lipinski definition) is 2. The molecule has 0 fully saturated rings. The van der Waals surface area contributed by atoms with Gasteiger partial charge in [-0.05, 0) is 12.1 Å². The van der Waals surface area contributed by atoms with Crippen molar-refractivity contribution in [3.05, 3.63) is 60.3 Å². The SMILES string of the molecule is Fc1cccc2nc(-c3ccccc3)nc(F)c12. The standard InChI is InChI=1S/C14H8F2N2/c15-10-7-4-8-11-12(10)13(16)18-14(17-11)9-5-2-1-3-6-9/h1-8H. The summed E-state index contributed by atoms with van der Waals surface area (Å²) in [7, 11) is 0. The van der Waals surface area contributed by atoms with E-state index in [9.17, 15) is 8.78 Å². The van der Waals surface area contributed by atoms with Gasteiger partial charge in [0.2, 0.25) is 5.95 Å². The van der Waals surface area contributed by atoms with Crippen molar-refractivity contribution in [2.45, 2.75) is 0 Å². The topological polar surface area (TPSA) is 25.8 Å². The van der Waals surface area contributed by atoms with Crippen LogP contribution in [0.3, 0.4) is 0 Å². The smallest absolute Gasteiger partial charge is 0.227 e. The molecule has 0 radical (unpaired) electrons. The second-order valence-corrected chi connectivity index (χ2v) is 3.84. The molecule has 2 nitrogen and oxygen atoms in total. The molecular weight excluding hydrogens is 234 g/mol. The van der Waals surface area contributed by atoms with E-state index in [1.54, 1.807) is 18.2 Å². The third-order valence-electron chi connectivity index (χ3n) is 2.66. The number of nitrogens with zero attached hydrogens (tertiary/aromatic N) is 2. The summed E-state index contributed by atoms with van der Waals surface area (Å²) in [4.78, 5) is 7.89. The van der Waals surface area contributed by atoms with Gasteiger partial charge in [-0.25, -0.2) is 9.37 Å². The van der Waals surface area contributed by atoms with Crippen LogP contribution in [0.1, 0.15) is 0 Å². The molecule has 0 saturated carbocycles. The van der Waals surface area contributed by atoms with Crippen molar-refractivity contribution in [3.63, 3.8) is 0 Å². The number of rotatable bonds is 1. The summed E-state index contributed by atoms with van der Waals surface area (Å²) in [6.45, 7) is 0. The van der Waals surface area contributed by atoms with Gasteiger partial charge >= 0.3 is 0 Å². The van der Waals surface area contributed by atoms with Crippen LogP contribution in [0.15, 0.2) is 48.5 Å². The van der Waals surface area contributed by atoms with Crippen LogP contribution in [0.25, 0.3) is 22.3 Å². The Morgan fingerprint density at radius 2 is 1.56 bits per heavy atom. The second-order valence-electron chi connectivity index (χ2n) is 3.84. The minimum Gasteiger partial charge on any atom is -0.228 e. The van der Waals surface area contributed by atoms with Crippen molar-refractivity contribution in [2.75, 3.05) is 0 Å². The summed E-state index contributed by atoms with van der Waals surface area (Å²) in [6, 6.07) is 13.3. The first-order chi connectivity index (χ1) is 8.75. The fourth-order valence-corrected chi connectivity index (χ4v) is 1.81. The molecule has 2 aromatic carbocycles. The van der Waals surface area contributed by atoms with Gasteiger partial charge in [0, 0.05) is 5.56 Å². The summed E-state index contributed by atoms with van der Waals surface area (Å²) >= 11 is 0. The Bertz CT molecular complexity index is 712. The van der Waals surface area contributed by atoms with E-state index in [0.717, 1.165) is 0 Å². The number of halogens is 2. The molecule has 0 unspecified atom stereocenters. The van der Waals surface area contributed by atoms with Crippen molar-refractivity contribution in [3.8, 4) is 11.4 Å². The molecule has 18 heavy (non-hydrogen) atoms. The van der Waals surface area contributed by atoms with Gasteiger partial charge in [-0.15, -0.1) is 0 Å². The summed E-state index contributed by atoms with van der Waals surface area (Å²) in [6.07, 6.45) is 0. The fourth-order valence-electron chi connectivity index (χ4n) is 1.81. The number of fused-ring (bicyclic) bond motifs is 1. The van der Waals surface area contributed by atoms with E-state index >= 15 is 0 Å². The highest BCUT2D eigenvalue weighted by Gasteiger charge is 2.12. The van der Waals surface area contributed by atoms with Crippen LogP contribution < -0.4 is 0 Å². The van der Waals surface area contributed by atoms with Crippen LogP contribution in [0.4, 0.5) is 8.78 Å². The first-order valence-electron chi connectivity index (χ1n) is 5.43. The van der Waals surface area contributed by atoms with E-state index in [2.05, 4.69) is 9.97 Å². The first-order valence-corrected chi connectivity index (χ1v) is 5.43. The Labute approximate surface area is 102 Å². The molecule has 0 aliphatic heterocycles. The largest absolute Gasteiger partial charge is 0.228 e. The second kappa shape index (κ2) is 4.14. The fraction of sp³-hybridized carbons (Fsp3) is 0. The monoisotopic (exact) mass is 242 g/mol. The maximum atomic E-state index is 13.8. The van der Waals surface area contributed by atoms with E-state index < -0.39 is 11.8 Å². The Morgan fingerprint density at radius 3 is 2.33 bits per heavy atom.